The Hall–Kier alpha value is -1.84. The van der Waals surface area contributed by atoms with Crippen LogP contribution in [0.15, 0.2) is 29.4 Å². The highest BCUT2D eigenvalue weighted by Gasteiger charge is 2.02. The standard InChI is InChI=1S/C11H14N2O2/c1-13(2)12-8-11(14)9-4-6-10(15-3)7-5-9/h4-8H,1-3H3/b12-8-. The summed E-state index contributed by atoms with van der Waals surface area (Å²) in [6, 6.07) is 6.92. The van der Waals surface area contributed by atoms with Crippen LogP contribution in [0.4, 0.5) is 0 Å². The lowest BCUT2D eigenvalue weighted by atomic mass is 10.1. The Balaban J connectivity index is 2.74. The molecule has 0 atom stereocenters. The van der Waals surface area contributed by atoms with Crippen LogP contribution in [0.3, 0.4) is 0 Å². The van der Waals surface area contributed by atoms with Gasteiger partial charge in [0.25, 0.3) is 0 Å². The van der Waals surface area contributed by atoms with E-state index in [0.29, 0.717) is 5.56 Å². The van der Waals surface area contributed by atoms with Crippen molar-refractivity contribution in [3.05, 3.63) is 29.8 Å². The van der Waals surface area contributed by atoms with Crippen LogP contribution in [0.1, 0.15) is 10.4 Å². The molecule has 0 aromatic heterocycles. The quantitative estimate of drug-likeness (QED) is 0.425. The number of ketones is 1. The number of hydrazone groups is 1. The molecule has 0 spiro atoms. The van der Waals surface area contributed by atoms with Gasteiger partial charge in [-0.2, -0.15) is 5.10 Å². The zero-order valence-electron chi connectivity index (χ0n) is 9.10. The molecule has 0 saturated carbocycles. The third-order valence-electron chi connectivity index (χ3n) is 1.78. The summed E-state index contributed by atoms with van der Waals surface area (Å²) in [5.41, 5.74) is 0.599. The van der Waals surface area contributed by atoms with E-state index < -0.39 is 0 Å². The maximum Gasteiger partial charge on any atom is 0.205 e. The van der Waals surface area contributed by atoms with Crippen LogP contribution in [0.2, 0.25) is 0 Å². The molecule has 0 bridgehead atoms. The van der Waals surface area contributed by atoms with Gasteiger partial charge in [-0.3, -0.25) is 4.79 Å². The van der Waals surface area contributed by atoms with Gasteiger partial charge in [-0.1, -0.05) is 0 Å². The molecule has 1 rings (SSSR count). The van der Waals surface area contributed by atoms with Crippen LogP contribution in [0.25, 0.3) is 0 Å². The van der Waals surface area contributed by atoms with Crippen LogP contribution in [-0.4, -0.2) is 38.2 Å². The highest BCUT2D eigenvalue weighted by Crippen LogP contribution is 2.11. The van der Waals surface area contributed by atoms with E-state index in [4.69, 9.17) is 4.74 Å². The average molecular weight is 206 g/mol. The van der Waals surface area contributed by atoms with Crippen molar-refractivity contribution in [2.75, 3.05) is 21.2 Å². The average Bonchev–Trinajstić information content (AvgIpc) is 2.26. The number of hydrogen-bond acceptors (Lipinski definition) is 4. The van der Waals surface area contributed by atoms with E-state index in [1.54, 1.807) is 50.5 Å². The van der Waals surface area contributed by atoms with Crippen molar-refractivity contribution in [1.29, 1.82) is 0 Å². The van der Waals surface area contributed by atoms with Crippen molar-refractivity contribution in [1.82, 2.24) is 5.01 Å². The Labute approximate surface area is 89.2 Å². The molecule has 0 aliphatic carbocycles. The first-order valence-electron chi connectivity index (χ1n) is 4.53. The zero-order chi connectivity index (χ0) is 11.3. The van der Waals surface area contributed by atoms with Crippen LogP contribution >= 0.6 is 0 Å². The summed E-state index contributed by atoms with van der Waals surface area (Å²) in [5.74, 6) is 0.613. The van der Waals surface area contributed by atoms with Crippen molar-refractivity contribution in [3.63, 3.8) is 0 Å². The number of ether oxygens (including phenoxy) is 1. The second-order valence-corrected chi connectivity index (χ2v) is 3.18. The molecule has 1 aromatic carbocycles. The van der Waals surface area contributed by atoms with Gasteiger partial charge in [-0.05, 0) is 24.3 Å². The molecule has 80 valence electrons. The van der Waals surface area contributed by atoms with Gasteiger partial charge in [0.15, 0.2) is 0 Å². The van der Waals surface area contributed by atoms with E-state index in [0.717, 1.165) is 5.75 Å². The predicted octanol–water partition coefficient (Wildman–Crippen LogP) is 1.43. The van der Waals surface area contributed by atoms with Gasteiger partial charge >= 0.3 is 0 Å². The summed E-state index contributed by atoms with van der Waals surface area (Å²) < 4.78 is 4.99. The highest BCUT2D eigenvalue weighted by molar-refractivity contribution is 6.35. The SMILES string of the molecule is COc1ccc(C(=O)/C=N\N(C)C)cc1. The highest BCUT2D eigenvalue weighted by atomic mass is 16.5. The van der Waals surface area contributed by atoms with Crippen molar-refractivity contribution < 1.29 is 9.53 Å². The van der Waals surface area contributed by atoms with Crippen LogP contribution in [0.5, 0.6) is 5.75 Å². The number of benzene rings is 1. The van der Waals surface area contributed by atoms with E-state index in [9.17, 15) is 4.79 Å². The fraction of sp³-hybridized carbons (Fsp3) is 0.273. The zero-order valence-corrected chi connectivity index (χ0v) is 9.10. The Morgan fingerprint density at radius 2 is 1.93 bits per heavy atom. The lowest BCUT2D eigenvalue weighted by Crippen LogP contribution is -2.07. The van der Waals surface area contributed by atoms with E-state index in [1.807, 2.05) is 0 Å². The molecule has 0 unspecified atom stereocenters. The maximum absolute atomic E-state index is 11.5. The van der Waals surface area contributed by atoms with Crippen molar-refractivity contribution in [2.45, 2.75) is 0 Å². The molecule has 0 amide bonds. The number of carbonyl (C=O) groups is 1. The number of methoxy groups -OCH3 is 1. The van der Waals surface area contributed by atoms with Crippen molar-refractivity contribution >= 4 is 12.0 Å². The lowest BCUT2D eigenvalue weighted by molar-refractivity contribution is 0.106. The molecular formula is C11H14N2O2. The number of Topliss-reactive ketones (excluding diaryl/α,β-unsaturated/α-hetero) is 1. The summed E-state index contributed by atoms with van der Waals surface area (Å²) in [6.07, 6.45) is 1.29. The molecule has 15 heavy (non-hydrogen) atoms. The molecule has 0 N–H and O–H groups in total. The fourth-order valence-electron chi connectivity index (χ4n) is 0.998. The monoisotopic (exact) mass is 206 g/mol. The number of carbonyl (C=O) groups excluding carboxylic acids is 1. The summed E-state index contributed by atoms with van der Waals surface area (Å²) in [5, 5.41) is 5.44. The van der Waals surface area contributed by atoms with E-state index in [-0.39, 0.29) is 5.78 Å². The van der Waals surface area contributed by atoms with Gasteiger partial charge in [-0.25, -0.2) is 0 Å². The Bertz CT molecular complexity index is 355. The minimum absolute atomic E-state index is 0.119. The van der Waals surface area contributed by atoms with E-state index in [2.05, 4.69) is 5.10 Å². The molecule has 1 aromatic rings. The number of hydrogen-bond donors (Lipinski definition) is 0. The normalized spacial score (nSPS) is 10.3. The smallest absolute Gasteiger partial charge is 0.205 e. The third kappa shape index (κ3) is 3.42. The number of rotatable bonds is 4. The Morgan fingerprint density at radius 1 is 1.33 bits per heavy atom. The summed E-state index contributed by atoms with van der Waals surface area (Å²) in [6.45, 7) is 0. The Kier molecular flexibility index (Phi) is 3.85. The second kappa shape index (κ2) is 5.14. The van der Waals surface area contributed by atoms with Gasteiger partial charge in [0.2, 0.25) is 5.78 Å². The van der Waals surface area contributed by atoms with Gasteiger partial charge in [0.05, 0.1) is 13.3 Å². The third-order valence-corrected chi connectivity index (χ3v) is 1.78. The lowest BCUT2D eigenvalue weighted by Gasteiger charge is -2.02. The van der Waals surface area contributed by atoms with Crippen molar-refractivity contribution in [3.8, 4) is 5.75 Å². The molecule has 4 nitrogen and oxygen atoms in total. The molecule has 0 saturated heterocycles. The maximum atomic E-state index is 11.5. The molecule has 0 radical (unpaired) electrons. The van der Waals surface area contributed by atoms with Gasteiger partial charge < -0.3 is 9.75 Å². The van der Waals surface area contributed by atoms with Crippen LogP contribution in [0, 0.1) is 0 Å². The first-order chi connectivity index (χ1) is 7.13. The molecule has 0 fully saturated rings. The summed E-state index contributed by atoms with van der Waals surface area (Å²) in [4.78, 5) is 11.5. The summed E-state index contributed by atoms with van der Waals surface area (Å²) in [7, 11) is 5.11. The van der Waals surface area contributed by atoms with Gasteiger partial charge in [-0.15, -0.1) is 0 Å². The van der Waals surface area contributed by atoms with Crippen molar-refractivity contribution in [2.24, 2.45) is 5.10 Å². The molecule has 4 heteroatoms. The number of nitrogens with zero attached hydrogens (tertiary/aromatic N) is 2. The summed E-state index contributed by atoms with van der Waals surface area (Å²) >= 11 is 0. The minimum Gasteiger partial charge on any atom is -0.497 e. The van der Waals surface area contributed by atoms with Gasteiger partial charge in [0, 0.05) is 19.7 Å². The fourth-order valence-corrected chi connectivity index (χ4v) is 0.998. The molecule has 0 heterocycles. The van der Waals surface area contributed by atoms with Crippen LogP contribution in [-0.2, 0) is 0 Å². The molecular weight excluding hydrogens is 192 g/mol. The predicted molar refractivity (Wildman–Crippen MR) is 59.5 cm³/mol. The first kappa shape index (κ1) is 11.2. The van der Waals surface area contributed by atoms with E-state index in [1.165, 1.54) is 6.21 Å². The first-order valence-corrected chi connectivity index (χ1v) is 4.53. The molecule has 0 aliphatic heterocycles. The largest absolute Gasteiger partial charge is 0.497 e. The molecule has 0 aliphatic rings. The Morgan fingerprint density at radius 3 is 2.40 bits per heavy atom. The second-order valence-electron chi connectivity index (χ2n) is 3.18. The van der Waals surface area contributed by atoms with Crippen LogP contribution < -0.4 is 4.74 Å². The minimum atomic E-state index is -0.119. The topological polar surface area (TPSA) is 41.9 Å². The van der Waals surface area contributed by atoms with Gasteiger partial charge in [0.1, 0.15) is 5.75 Å². The van der Waals surface area contributed by atoms with E-state index >= 15 is 0 Å².